The fraction of sp³-hybridized carbons (Fsp3) is 0.176. The number of nitrogens with two attached hydrogens (primary N) is 1. The summed E-state index contributed by atoms with van der Waals surface area (Å²) in [4.78, 5) is 11.9. The van der Waals surface area contributed by atoms with Gasteiger partial charge in [0.15, 0.2) is 5.11 Å². The topological polar surface area (TPSA) is 67.2 Å². The Balaban J connectivity index is 1.75. The van der Waals surface area contributed by atoms with Crippen LogP contribution in [0.5, 0.6) is 0 Å². The Morgan fingerprint density at radius 1 is 1.13 bits per heavy atom. The number of hydrogen-bond acceptors (Lipinski definition) is 3. The minimum Gasteiger partial charge on any atom is -0.361 e. The van der Waals surface area contributed by atoms with Crippen LogP contribution in [0.1, 0.15) is 15.9 Å². The second-order valence-corrected chi connectivity index (χ2v) is 5.97. The van der Waals surface area contributed by atoms with Gasteiger partial charge in [0.2, 0.25) is 0 Å². The lowest BCUT2D eigenvalue weighted by atomic mass is 10.1. The molecule has 23 heavy (non-hydrogen) atoms. The number of carbonyl (C=O) groups excluding carboxylic acids is 1. The molecule has 0 fully saturated rings. The molecule has 6 heteroatoms. The van der Waals surface area contributed by atoms with Gasteiger partial charge in [-0.3, -0.25) is 10.1 Å². The van der Waals surface area contributed by atoms with Crippen LogP contribution in [0.15, 0.2) is 54.6 Å². The van der Waals surface area contributed by atoms with Crippen LogP contribution in [0.4, 0.5) is 0 Å². The van der Waals surface area contributed by atoms with Crippen LogP contribution >= 0.6 is 23.8 Å². The summed E-state index contributed by atoms with van der Waals surface area (Å²) in [5.41, 5.74) is 7.72. The number of carbonyl (C=O) groups is 1. The molecule has 0 saturated heterocycles. The first-order valence-corrected chi connectivity index (χ1v) is 7.97. The number of thiocarbonyl (C=S) groups is 1. The summed E-state index contributed by atoms with van der Waals surface area (Å²) < 4.78 is 0. The average Bonchev–Trinajstić information content (AvgIpc) is 2.56. The normalized spacial score (nSPS) is 11.6. The molecule has 2 aromatic carbocycles. The Kier molecular flexibility index (Phi) is 6.52. The molecule has 1 amide bonds. The number of halogens is 1. The van der Waals surface area contributed by atoms with Gasteiger partial charge in [0.05, 0.1) is 0 Å². The molecule has 0 spiro atoms. The van der Waals surface area contributed by atoms with Crippen molar-refractivity contribution in [1.29, 1.82) is 0 Å². The summed E-state index contributed by atoms with van der Waals surface area (Å²) in [5, 5.41) is 6.56. The summed E-state index contributed by atoms with van der Waals surface area (Å²) in [6, 6.07) is 16.3. The summed E-state index contributed by atoms with van der Waals surface area (Å²) >= 11 is 11.0. The van der Waals surface area contributed by atoms with Gasteiger partial charge in [0, 0.05) is 23.2 Å². The quantitative estimate of drug-likeness (QED) is 0.727. The highest BCUT2D eigenvalue weighted by Crippen LogP contribution is 2.10. The van der Waals surface area contributed by atoms with Crippen molar-refractivity contribution in [2.24, 2.45) is 5.73 Å². The minimum absolute atomic E-state index is 0.122. The standard InChI is InChI=1S/C17H18ClN3OS/c18-14-8-6-12(7-9-14)10-15(19)11-20-17(23)21-16(22)13-4-2-1-3-5-13/h1-9,15H,10-11,19H2,(H2,20,21,22,23). The third-order valence-corrected chi connectivity index (χ3v) is 3.70. The molecule has 0 aromatic heterocycles. The summed E-state index contributed by atoms with van der Waals surface area (Å²) in [6.07, 6.45) is 0.694. The molecule has 0 aliphatic carbocycles. The molecule has 0 radical (unpaired) electrons. The van der Waals surface area contributed by atoms with Gasteiger partial charge >= 0.3 is 0 Å². The predicted octanol–water partition coefficient (Wildman–Crippen LogP) is 2.51. The number of nitrogens with one attached hydrogen (secondary N) is 2. The van der Waals surface area contributed by atoms with Gasteiger partial charge in [0.25, 0.3) is 5.91 Å². The lowest BCUT2D eigenvalue weighted by Gasteiger charge is -2.15. The van der Waals surface area contributed by atoms with Crippen molar-refractivity contribution in [2.45, 2.75) is 12.5 Å². The van der Waals surface area contributed by atoms with E-state index in [1.165, 1.54) is 0 Å². The number of rotatable bonds is 5. The van der Waals surface area contributed by atoms with Gasteiger partial charge < -0.3 is 11.1 Å². The third-order valence-electron chi connectivity index (χ3n) is 3.20. The Hall–Kier alpha value is -1.95. The lowest BCUT2D eigenvalue weighted by Crippen LogP contribution is -2.45. The summed E-state index contributed by atoms with van der Waals surface area (Å²) in [7, 11) is 0. The molecule has 0 aliphatic rings. The van der Waals surface area contributed by atoms with E-state index in [2.05, 4.69) is 10.6 Å². The van der Waals surface area contributed by atoms with Crippen LogP contribution in [0.25, 0.3) is 0 Å². The maximum Gasteiger partial charge on any atom is 0.257 e. The zero-order valence-electron chi connectivity index (χ0n) is 12.5. The Morgan fingerprint density at radius 2 is 1.78 bits per heavy atom. The lowest BCUT2D eigenvalue weighted by molar-refractivity contribution is 0.0976. The monoisotopic (exact) mass is 347 g/mol. The molecule has 0 saturated carbocycles. The molecule has 4 nitrogen and oxygen atoms in total. The fourth-order valence-corrected chi connectivity index (χ4v) is 2.33. The van der Waals surface area contributed by atoms with Crippen molar-refractivity contribution < 1.29 is 4.79 Å². The van der Waals surface area contributed by atoms with Gasteiger partial charge in [-0.2, -0.15) is 0 Å². The van der Waals surface area contributed by atoms with Gasteiger partial charge in [-0.1, -0.05) is 41.9 Å². The van der Waals surface area contributed by atoms with Crippen LogP contribution in [-0.2, 0) is 6.42 Å². The first-order chi connectivity index (χ1) is 11.0. The molecular weight excluding hydrogens is 330 g/mol. The molecule has 1 unspecified atom stereocenters. The highest BCUT2D eigenvalue weighted by molar-refractivity contribution is 7.80. The Labute approximate surface area is 146 Å². The molecular formula is C17H18ClN3OS. The first-order valence-electron chi connectivity index (χ1n) is 7.19. The van der Waals surface area contributed by atoms with E-state index in [0.717, 1.165) is 5.56 Å². The van der Waals surface area contributed by atoms with Crippen molar-refractivity contribution in [3.8, 4) is 0 Å². The molecule has 4 N–H and O–H groups in total. The zero-order chi connectivity index (χ0) is 16.7. The number of amides is 1. The average molecular weight is 348 g/mol. The first kappa shape index (κ1) is 17.4. The van der Waals surface area contributed by atoms with E-state index < -0.39 is 0 Å². The van der Waals surface area contributed by atoms with E-state index in [1.807, 2.05) is 30.3 Å². The van der Waals surface area contributed by atoms with E-state index in [0.29, 0.717) is 23.6 Å². The van der Waals surface area contributed by atoms with Crippen LogP contribution in [0.2, 0.25) is 5.02 Å². The highest BCUT2D eigenvalue weighted by Gasteiger charge is 2.09. The number of hydrogen-bond donors (Lipinski definition) is 3. The molecule has 2 aromatic rings. The second kappa shape index (κ2) is 8.62. The SMILES string of the molecule is NC(CNC(=S)NC(=O)c1ccccc1)Cc1ccc(Cl)cc1. The Morgan fingerprint density at radius 3 is 2.43 bits per heavy atom. The van der Waals surface area contributed by atoms with Crippen LogP contribution in [-0.4, -0.2) is 23.6 Å². The van der Waals surface area contributed by atoms with Gasteiger partial charge in [0.1, 0.15) is 0 Å². The van der Waals surface area contributed by atoms with E-state index in [9.17, 15) is 4.79 Å². The largest absolute Gasteiger partial charge is 0.361 e. The zero-order valence-corrected chi connectivity index (χ0v) is 14.0. The predicted molar refractivity (Wildman–Crippen MR) is 97.6 cm³/mol. The van der Waals surface area contributed by atoms with E-state index in [4.69, 9.17) is 29.6 Å². The molecule has 120 valence electrons. The van der Waals surface area contributed by atoms with Crippen molar-refractivity contribution >= 4 is 34.8 Å². The van der Waals surface area contributed by atoms with Crippen molar-refractivity contribution in [1.82, 2.24) is 10.6 Å². The van der Waals surface area contributed by atoms with Crippen LogP contribution < -0.4 is 16.4 Å². The smallest absolute Gasteiger partial charge is 0.257 e. The van der Waals surface area contributed by atoms with E-state index in [-0.39, 0.29) is 17.1 Å². The van der Waals surface area contributed by atoms with Crippen molar-refractivity contribution in [3.63, 3.8) is 0 Å². The number of benzene rings is 2. The fourth-order valence-electron chi connectivity index (χ4n) is 2.03. The summed E-state index contributed by atoms with van der Waals surface area (Å²) in [6.45, 7) is 0.469. The van der Waals surface area contributed by atoms with E-state index in [1.54, 1.807) is 24.3 Å². The van der Waals surface area contributed by atoms with Crippen molar-refractivity contribution in [3.05, 3.63) is 70.7 Å². The second-order valence-electron chi connectivity index (χ2n) is 5.12. The van der Waals surface area contributed by atoms with Gasteiger partial charge in [-0.05, 0) is 48.5 Å². The third kappa shape index (κ3) is 5.98. The molecule has 0 bridgehead atoms. The maximum atomic E-state index is 11.9. The van der Waals surface area contributed by atoms with Crippen molar-refractivity contribution in [2.75, 3.05) is 6.54 Å². The van der Waals surface area contributed by atoms with Crippen LogP contribution in [0.3, 0.4) is 0 Å². The maximum absolute atomic E-state index is 11.9. The Bertz CT molecular complexity index is 661. The molecule has 0 aliphatic heterocycles. The molecule has 0 heterocycles. The highest BCUT2D eigenvalue weighted by atomic mass is 35.5. The molecule has 2 rings (SSSR count). The minimum atomic E-state index is -0.241. The van der Waals surface area contributed by atoms with E-state index >= 15 is 0 Å². The molecule has 1 atom stereocenters. The van der Waals surface area contributed by atoms with Gasteiger partial charge in [-0.15, -0.1) is 0 Å². The van der Waals surface area contributed by atoms with Crippen LogP contribution in [0, 0.1) is 0 Å². The van der Waals surface area contributed by atoms with Gasteiger partial charge in [-0.25, -0.2) is 0 Å². The summed E-state index contributed by atoms with van der Waals surface area (Å²) in [5.74, 6) is -0.241.